The summed E-state index contributed by atoms with van der Waals surface area (Å²) < 4.78 is 2.02. The van der Waals surface area contributed by atoms with Gasteiger partial charge in [0.05, 0.1) is 5.02 Å². The summed E-state index contributed by atoms with van der Waals surface area (Å²) >= 11 is 6.17. The highest BCUT2D eigenvalue weighted by Gasteiger charge is 2.13. The van der Waals surface area contributed by atoms with Crippen molar-refractivity contribution >= 4 is 17.5 Å². The van der Waals surface area contributed by atoms with E-state index in [4.69, 9.17) is 11.6 Å². The van der Waals surface area contributed by atoms with Crippen LogP contribution in [0.15, 0.2) is 24.3 Å². The molecule has 0 unspecified atom stereocenters. The molecule has 5 heteroatoms. The largest absolute Gasteiger partial charge is 0.355 e. The van der Waals surface area contributed by atoms with Gasteiger partial charge < -0.3 is 5.32 Å². The zero-order chi connectivity index (χ0) is 12.3. The molecule has 1 N–H and O–H groups in total. The first-order valence-electron chi connectivity index (χ1n) is 5.69. The molecule has 0 fully saturated rings. The van der Waals surface area contributed by atoms with Crippen LogP contribution < -0.4 is 5.32 Å². The molecule has 2 aromatic rings. The van der Waals surface area contributed by atoms with Gasteiger partial charge in [0, 0.05) is 18.7 Å². The number of benzene rings is 1. The number of halogens is 1. The number of anilines is 1. The number of rotatable bonds is 4. The van der Waals surface area contributed by atoms with E-state index in [-0.39, 0.29) is 0 Å². The molecule has 0 aliphatic heterocycles. The second kappa shape index (κ2) is 5.19. The molecule has 1 aromatic heterocycles. The Morgan fingerprint density at radius 3 is 2.65 bits per heavy atom. The minimum absolute atomic E-state index is 0.692. The number of hydrogen-bond acceptors (Lipinski definition) is 3. The highest BCUT2D eigenvalue weighted by molar-refractivity contribution is 6.33. The van der Waals surface area contributed by atoms with Gasteiger partial charge in [0.1, 0.15) is 0 Å². The topological polar surface area (TPSA) is 42.7 Å². The third-order valence-corrected chi connectivity index (χ3v) is 2.85. The standard InChI is InChI=1S/C12H15ClN4/c1-3-14-12-16-15-11(17(12)4-2)9-7-5-6-8-10(9)13/h5-8H,3-4H2,1-2H3,(H,14,16). The molecule has 2 rings (SSSR count). The maximum atomic E-state index is 6.17. The Morgan fingerprint density at radius 2 is 2.00 bits per heavy atom. The van der Waals surface area contributed by atoms with Crippen LogP contribution in [0.25, 0.3) is 11.4 Å². The Kier molecular flexibility index (Phi) is 3.64. The molecule has 0 atom stereocenters. The highest BCUT2D eigenvalue weighted by Crippen LogP contribution is 2.27. The quantitative estimate of drug-likeness (QED) is 0.907. The van der Waals surface area contributed by atoms with Crippen molar-refractivity contribution in [2.45, 2.75) is 20.4 Å². The van der Waals surface area contributed by atoms with Crippen LogP contribution in [-0.2, 0) is 6.54 Å². The Hall–Kier alpha value is -1.55. The molecule has 1 aromatic carbocycles. The van der Waals surface area contributed by atoms with Crippen LogP contribution in [0, 0.1) is 0 Å². The van der Waals surface area contributed by atoms with Crippen molar-refractivity contribution in [3.05, 3.63) is 29.3 Å². The van der Waals surface area contributed by atoms with Crippen LogP contribution in [0.4, 0.5) is 5.95 Å². The van der Waals surface area contributed by atoms with Crippen LogP contribution in [0.3, 0.4) is 0 Å². The summed E-state index contributed by atoms with van der Waals surface area (Å²) in [6.45, 7) is 5.71. The fraction of sp³-hybridized carbons (Fsp3) is 0.333. The third kappa shape index (κ3) is 2.26. The van der Waals surface area contributed by atoms with Gasteiger partial charge >= 0.3 is 0 Å². The summed E-state index contributed by atoms with van der Waals surface area (Å²) in [7, 11) is 0. The number of nitrogens with one attached hydrogen (secondary N) is 1. The maximum absolute atomic E-state index is 6.17. The summed E-state index contributed by atoms with van der Waals surface area (Å²) in [5.74, 6) is 1.58. The van der Waals surface area contributed by atoms with Crippen molar-refractivity contribution in [3.63, 3.8) is 0 Å². The Morgan fingerprint density at radius 1 is 1.24 bits per heavy atom. The molecule has 0 amide bonds. The second-order valence-electron chi connectivity index (χ2n) is 3.60. The summed E-state index contributed by atoms with van der Waals surface area (Å²) in [5, 5.41) is 12.2. The minimum Gasteiger partial charge on any atom is -0.355 e. The van der Waals surface area contributed by atoms with Gasteiger partial charge in [-0.1, -0.05) is 23.7 Å². The molecule has 0 aliphatic carbocycles. The fourth-order valence-corrected chi connectivity index (χ4v) is 1.95. The van der Waals surface area contributed by atoms with Crippen LogP contribution >= 0.6 is 11.6 Å². The zero-order valence-corrected chi connectivity index (χ0v) is 10.7. The zero-order valence-electron chi connectivity index (χ0n) is 9.94. The number of hydrogen-bond donors (Lipinski definition) is 1. The lowest BCUT2D eigenvalue weighted by Crippen LogP contribution is -2.06. The molecular formula is C12H15ClN4. The van der Waals surface area contributed by atoms with Gasteiger partial charge in [0.15, 0.2) is 5.82 Å². The predicted octanol–water partition coefficient (Wildman–Crippen LogP) is 3.05. The lowest BCUT2D eigenvalue weighted by molar-refractivity contribution is 0.770. The SMILES string of the molecule is CCNc1nnc(-c2ccccc2Cl)n1CC. The normalized spacial score (nSPS) is 10.5. The first kappa shape index (κ1) is 11.9. The molecule has 0 saturated heterocycles. The van der Waals surface area contributed by atoms with Crippen LogP contribution in [0.1, 0.15) is 13.8 Å². The van der Waals surface area contributed by atoms with E-state index in [9.17, 15) is 0 Å². The molecular weight excluding hydrogens is 236 g/mol. The Bertz CT molecular complexity index is 507. The van der Waals surface area contributed by atoms with E-state index in [2.05, 4.69) is 22.4 Å². The maximum Gasteiger partial charge on any atom is 0.224 e. The Labute approximate surface area is 106 Å². The van der Waals surface area contributed by atoms with Crippen molar-refractivity contribution in [2.75, 3.05) is 11.9 Å². The summed E-state index contributed by atoms with van der Waals surface area (Å²) in [5.41, 5.74) is 0.910. The lowest BCUT2D eigenvalue weighted by atomic mass is 10.2. The molecule has 17 heavy (non-hydrogen) atoms. The van der Waals surface area contributed by atoms with E-state index in [1.54, 1.807) is 0 Å². The van der Waals surface area contributed by atoms with Gasteiger partial charge in [-0.2, -0.15) is 0 Å². The van der Waals surface area contributed by atoms with Crippen molar-refractivity contribution in [1.29, 1.82) is 0 Å². The van der Waals surface area contributed by atoms with E-state index in [1.807, 2.05) is 35.8 Å². The monoisotopic (exact) mass is 250 g/mol. The van der Waals surface area contributed by atoms with Crippen molar-refractivity contribution in [3.8, 4) is 11.4 Å². The van der Waals surface area contributed by atoms with E-state index >= 15 is 0 Å². The van der Waals surface area contributed by atoms with Crippen molar-refractivity contribution in [1.82, 2.24) is 14.8 Å². The third-order valence-electron chi connectivity index (χ3n) is 2.52. The van der Waals surface area contributed by atoms with E-state index < -0.39 is 0 Å². The predicted molar refractivity (Wildman–Crippen MR) is 70.3 cm³/mol. The average molecular weight is 251 g/mol. The molecule has 4 nitrogen and oxygen atoms in total. The van der Waals surface area contributed by atoms with Gasteiger partial charge in [-0.3, -0.25) is 4.57 Å². The molecule has 0 saturated carbocycles. The first-order chi connectivity index (χ1) is 8.27. The molecule has 0 bridgehead atoms. The molecule has 0 spiro atoms. The van der Waals surface area contributed by atoms with Crippen LogP contribution in [-0.4, -0.2) is 21.3 Å². The van der Waals surface area contributed by atoms with Gasteiger partial charge in [0.25, 0.3) is 0 Å². The second-order valence-corrected chi connectivity index (χ2v) is 4.01. The molecule has 90 valence electrons. The average Bonchev–Trinajstić information content (AvgIpc) is 2.73. The van der Waals surface area contributed by atoms with Crippen molar-refractivity contribution < 1.29 is 0 Å². The van der Waals surface area contributed by atoms with Gasteiger partial charge in [-0.25, -0.2) is 0 Å². The van der Waals surface area contributed by atoms with Gasteiger partial charge in [-0.15, -0.1) is 10.2 Å². The summed E-state index contributed by atoms with van der Waals surface area (Å²) in [6.07, 6.45) is 0. The number of aromatic nitrogens is 3. The van der Waals surface area contributed by atoms with Crippen molar-refractivity contribution in [2.24, 2.45) is 0 Å². The number of nitrogens with zero attached hydrogens (tertiary/aromatic N) is 3. The summed E-state index contributed by atoms with van der Waals surface area (Å²) in [6, 6.07) is 7.67. The van der Waals surface area contributed by atoms with E-state index in [0.717, 1.165) is 30.4 Å². The minimum atomic E-state index is 0.692. The molecule has 0 radical (unpaired) electrons. The van der Waals surface area contributed by atoms with Gasteiger partial charge in [-0.05, 0) is 26.0 Å². The van der Waals surface area contributed by atoms with E-state index in [1.165, 1.54) is 0 Å². The first-order valence-corrected chi connectivity index (χ1v) is 6.07. The van der Waals surface area contributed by atoms with Crippen LogP contribution in [0.2, 0.25) is 5.02 Å². The smallest absolute Gasteiger partial charge is 0.224 e. The van der Waals surface area contributed by atoms with Gasteiger partial charge in [0.2, 0.25) is 5.95 Å². The Balaban J connectivity index is 2.49. The summed E-state index contributed by atoms with van der Waals surface area (Å²) in [4.78, 5) is 0. The lowest BCUT2D eigenvalue weighted by Gasteiger charge is -2.08. The fourth-order valence-electron chi connectivity index (χ4n) is 1.73. The molecule has 0 aliphatic rings. The van der Waals surface area contributed by atoms with Crippen LogP contribution in [0.5, 0.6) is 0 Å². The molecule has 1 heterocycles. The van der Waals surface area contributed by atoms with E-state index in [0.29, 0.717) is 5.02 Å². The highest BCUT2D eigenvalue weighted by atomic mass is 35.5.